The summed E-state index contributed by atoms with van der Waals surface area (Å²) in [5.41, 5.74) is 3.97. The molecule has 2 aliphatic rings. The van der Waals surface area contributed by atoms with E-state index in [1.807, 2.05) is 19.6 Å². The van der Waals surface area contributed by atoms with Crippen LogP contribution < -0.4 is 4.90 Å². The molecular formula is C20H27N3O2S. The number of morpholine rings is 1. The van der Waals surface area contributed by atoms with Crippen LogP contribution in [0.2, 0.25) is 0 Å². The number of hydrogen-bond donors (Lipinski definition) is 0. The van der Waals surface area contributed by atoms with Crippen LogP contribution in [-0.4, -0.2) is 41.6 Å². The van der Waals surface area contributed by atoms with E-state index in [9.17, 15) is 4.79 Å². The number of anilines is 1. The summed E-state index contributed by atoms with van der Waals surface area (Å²) in [6.45, 7) is 7.79. The maximum absolute atomic E-state index is 12.8. The zero-order valence-electron chi connectivity index (χ0n) is 15.9. The van der Waals surface area contributed by atoms with Crippen molar-refractivity contribution in [1.82, 2.24) is 9.55 Å². The number of ether oxygens (including phenoxy) is 1. The van der Waals surface area contributed by atoms with E-state index in [1.54, 1.807) is 11.3 Å². The standard InChI is InChI=1S/C20H27N3O2S/c1-20(2)10-16-15(5-4-14-12-21-13-22(14)3)19(23-6-8-25-9-7-23)26-18(16)17(24)11-20/h12-13H,4-11H2,1-3H3. The third kappa shape index (κ3) is 3.32. The molecule has 0 aromatic carbocycles. The quantitative estimate of drug-likeness (QED) is 0.825. The first-order valence-electron chi connectivity index (χ1n) is 9.40. The fourth-order valence-corrected chi connectivity index (χ4v) is 5.47. The van der Waals surface area contributed by atoms with Gasteiger partial charge in [-0.1, -0.05) is 13.8 Å². The lowest BCUT2D eigenvalue weighted by Crippen LogP contribution is -2.36. The van der Waals surface area contributed by atoms with Crippen molar-refractivity contribution in [1.29, 1.82) is 0 Å². The topological polar surface area (TPSA) is 47.4 Å². The molecule has 1 aliphatic carbocycles. The molecule has 4 rings (SSSR count). The minimum Gasteiger partial charge on any atom is -0.378 e. The molecule has 5 nitrogen and oxygen atoms in total. The Hall–Kier alpha value is -1.66. The monoisotopic (exact) mass is 373 g/mol. The van der Waals surface area contributed by atoms with Gasteiger partial charge in [-0.15, -0.1) is 11.3 Å². The molecule has 0 amide bonds. The molecule has 6 heteroatoms. The third-order valence-electron chi connectivity index (χ3n) is 5.49. The van der Waals surface area contributed by atoms with E-state index in [0.29, 0.717) is 12.2 Å². The van der Waals surface area contributed by atoms with E-state index in [-0.39, 0.29) is 5.41 Å². The number of imidazole rings is 1. The van der Waals surface area contributed by atoms with Crippen molar-refractivity contribution < 1.29 is 9.53 Å². The Morgan fingerprint density at radius 2 is 2.00 bits per heavy atom. The van der Waals surface area contributed by atoms with Gasteiger partial charge in [-0.3, -0.25) is 4.79 Å². The zero-order valence-corrected chi connectivity index (χ0v) is 16.7. The SMILES string of the molecule is Cn1cncc1CCc1c(N2CCOCC2)sc2c1CC(C)(C)CC2=O. The number of ketones is 1. The molecular weight excluding hydrogens is 346 g/mol. The number of fused-ring (bicyclic) bond motifs is 1. The fraction of sp³-hybridized carbons (Fsp3) is 0.600. The van der Waals surface area contributed by atoms with Crippen LogP contribution in [0.5, 0.6) is 0 Å². The van der Waals surface area contributed by atoms with Crippen molar-refractivity contribution >= 4 is 22.1 Å². The molecule has 3 heterocycles. The number of aromatic nitrogens is 2. The number of nitrogens with zero attached hydrogens (tertiary/aromatic N) is 3. The Bertz CT molecular complexity index is 815. The van der Waals surface area contributed by atoms with Crippen LogP contribution in [0.1, 0.15) is 46.8 Å². The number of hydrogen-bond acceptors (Lipinski definition) is 5. The molecule has 0 atom stereocenters. The smallest absolute Gasteiger partial charge is 0.173 e. The molecule has 26 heavy (non-hydrogen) atoms. The lowest BCUT2D eigenvalue weighted by atomic mass is 9.75. The second kappa shape index (κ2) is 6.82. The van der Waals surface area contributed by atoms with E-state index in [1.165, 1.54) is 21.8 Å². The number of thiophene rings is 1. The molecule has 0 bridgehead atoms. The summed E-state index contributed by atoms with van der Waals surface area (Å²) in [4.78, 5) is 20.5. The second-order valence-electron chi connectivity index (χ2n) is 8.23. The van der Waals surface area contributed by atoms with E-state index < -0.39 is 0 Å². The largest absolute Gasteiger partial charge is 0.378 e. The highest BCUT2D eigenvalue weighted by Gasteiger charge is 2.36. The van der Waals surface area contributed by atoms with Gasteiger partial charge in [-0.05, 0) is 35.8 Å². The lowest BCUT2D eigenvalue weighted by molar-refractivity contribution is 0.0917. The van der Waals surface area contributed by atoms with Gasteiger partial charge >= 0.3 is 0 Å². The minimum absolute atomic E-state index is 0.0503. The van der Waals surface area contributed by atoms with Gasteiger partial charge < -0.3 is 14.2 Å². The highest BCUT2D eigenvalue weighted by atomic mass is 32.1. The predicted molar refractivity (Wildman–Crippen MR) is 104 cm³/mol. The summed E-state index contributed by atoms with van der Waals surface area (Å²) in [6.07, 6.45) is 7.36. The van der Waals surface area contributed by atoms with E-state index in [0.717, 1.165) is 50.4 Å². The van der Waals surface area contributed by atoms with Gasteiger partial charge in [0.15, 0.2) is 5.78 Å². The molecule has 2 aromatic rings. The van der Waals surface area contributed by atoms with Gasteiger partial charge in [-0.2, -0.15) is 0 Å². The van der Waals surface area contributed by atoms with E-state index >= 15 is 0 Å². The van der Waals surface area contributed by atoms with Crippen LogP contribution in [0, 0.1) is 5.41 Å². The highest BCUT2D eigenvalue weighted by Crippen LogP contribution is 2.45. The molecule has 0 radical (unpaired) electrons. The Morgan fingerprint density at radius 3 is 2.69 bits per heavy atom. The Morgan fingerprint density at radius 1 is 1.23 bits per heavy atom. The maximum Gasteiger partial charge on any atom is 0.173 e. The second-order valence-corrected chi connectivity index (χ2v) is 9.23. The number of rotatable bonds is 4. The Kier molecular flexibility index (Phi) is 4.65. The van der Waals surface area contributed by atoms with Crippen LogP contribution in [0.3, 0.4) is 0 Å². The van der Waals surface area contributed by atoms with Gasteiger partial charge in [0.05, 0.1) is 29.4 Å². The molecule has 2 aromatic heterocycles. The van der Waals surface area contributed by atoms with Crippen LogP contribution in [0.15, 0.2) is 12.5 Å². The van der Waals surface area contributed by atoms with Crippen LogP contribution in [0.4, 0.5) is 5.00 Å². The molecule has 140 valence electrons. The average Bonchev–Trinajstić information content (AvgIpc) is 3.16. The third-order valence-corrected chi connectivity index (χ3v) is 6.87. The van der Waals surface area contributed by atoms with Gasteiger partial charge in [0.25, 0.3) is 0 Å². The molecule has 1 fully saturated rings. The first kappa shape index (κ1) is 17.7. The van der Waals surface area contributed by atoms with Crippen molar-refractivity contribution in [3.63, 3.8) is 0 Å². The van der Waals surface area contributed by atoms with Gasteiger partial charge in [0, 0.05) is 38.4 Å². The molecule has 0 spiro atoms. The Labute approximate surface area is 159 Å². The first-order chi connectivity index (χ1) is 12.4. The van der Waals surface area contributed by atoms with Crippen LogP contribution in [0.25, 0.3) is 0 Å². The highest BCUT2D eigenvalue weighted by molar-refractivity contribution is 7.18. The number of aryl methyl sites for hydroxylation is 2. The van der Waals surface area contributed by atoms with Crippen molar-refractivity contribution in [3.8, 4) is 0 Å². The maximum atomic E-state index is 12.8. The zero-order chi connectivity index (χ0) is 18.3. The van der Waals surface area contributed by atoms with Crippen molar-refractivity contribution in [2.24, 2.45) is 12.5 Å². The predicted octanol–water partition coefficient (Wildman–Crippen LogP) is 3.26. The first-order valence-corrected chi connectivity index (χ1v) is 10.2. The summed E-state index contributed by atoms with van der Waals surface area (Å²) < 4.78 is 7.62. The summed E-state index contributed by atoms with van der Waals surface area (Å²) in [5, 5.41) is 1.30. The van der Waals surface area contributed by atoms with Gasteiger partial charge in [0.1, 0.15) is 0 Å². The molecule has 0 unspecified atom stereocenters. The number of carbonyl (C=O) groups is 1. The summed E-state index contributed by atoms with van der Waals surface area (Å²) >= 11 is 1.72. The van der Waals surface area contributed by atoms with Crippen LogP contribution in [-0.2, 0) is 31.0 Å². The van der Waals surface area contributed by atoms with E-state index in [4.69, 9.17) is 4.74 Å². The van der Waals surface area contributed by atoms with Gasteiger partial charge in [0.2, 0.25) is 0 Å². The molecule has 1 aliphatic heterocycles. The van der Waals surface area contributed by atoms with E-state index in [2.05, 4.69) is 28.3 Å². The van der Waals surface area contributed by atoms with Crippen LogP contribution >= 0.6 is 11.3 Å². The molecule has 1 saturated heterocycles. The van der Waals surface area contributed by atoms with Crippen molar-refractivity contribution in [2.75, 3.05) is 31.2 Å². The van der Waals surface area contributed by atoms with Crippen molar-refractivity contribution in [3.05, 3.63) is 34.2 Å². The molecule has 0 N–H and O–H groups in total. The lowest BCUT2D eigenvalue weighted by Gasteiger charge is -2.30. The summed E-state index contributed by atoms with van der Waals surface area (Å²) in [5.74, 6) is 0.322. The van der Waals surface area contributed by atoms with Gasteiger partial charge in [-0.25, -0.2) is 4.98 Å². The molecule has 0 saturated carbocycles. The minimum atomic E-state index is 0.0503. The fourth-order valence-electron chi connectivity index (χ4n) is 4.11. The summed E-state index contributed by atoms with van der Waals surface area (Å²) in [6, 6.07) is 0. The number of Topliss-reactive ketones (excluding diaryl/α,β-unsaturated/α-hetero) is 1. The van der Waals surface area contributed by atoms with Crippen molar-refractivity contribution in [2.45, 2.75) is 39.5 Å². The number of carbonyl (C=O) groups excluding carboxylic acids is 1. The Balaban J connectivity index is 1.71. The average molecular weight is 374 g/mol. The summed E-state index contributed by atoms with van der Waals surface area (Å²) in [7, 11) is 2.04. The normalized spacial score (nSPS) is 19.7.